The van der Waals surface area contributed by atoms with Gasteiger partial charge in [-0.25, -0.2) is 14.4 Å². The van der Waals surface area contributed by atoms with Crippen LogP contribution in [-0.2, 0) is 38.8 Å². The molecule has 0 spiro atoms. The molecule has 12 heteroatoms. The Labute approximate surface area is 306 Å². The number of rotatable bonds is 13. The zero-order chi connectivity index (χ0) is 38.0. The van der Waals surface area contributed by atoms with Crippen molar-refractivity contribution in [2.75, 3.05) is 25.6 Å². The molecular formula is C40H47N4O7S+. The van der Waals surface area contributed by atoms with Crippen LogP contribution < -0.4 is 9.47 Å². The summed E-state index contributed by atoms with van der Waals surface area (Å²) in [7, 11) is -1.41. The molecule has 1 amide bonds. The van der Waals surface area contributed by atoms with Crippen LogP contribution in [0.15, 0.2) is 101 Å². The number of carboxylic acid groups (broad SMARTS) is 1. The summed E-state index contributed by atoms with van der Waals surface area (Å²) in [6.07, 6.45) is 13.8. The van der Waals surface area contributed by atoms with E-state index in [2.05, 4.69) is 32.6 Å². The van der Waals surface area contributed by atoms with Crippen LogP contribution in [0.4, 0.5) is 11.5 Å². The van der Waals surface area contributed by atoms with Crippen LogP contribution >= 0.6 is 0 Å². The number of carbonyl (C=O) groups excluding carboxylic acids is 1. The summed E-state index contributed by atoms with van der Waals surface area (Å²) in [6.45, 7) is 11.7. The van der Waals surface area contributed by atoms with Gasteiger partial charge in [-0.1, -0.05) is 44.2 Å². The quantitative estimate of drug-likeness (QED) is 0.0853. The Hall–Kier alpha value is -4.91. The van der Waals surface area contributed by atoms with Crippen LogP contribution in [0.3, 0.4) is 0 Å². The van der Waals surface area contributed by atoms with Crippen molar-refractivity contribution in [2.45, 2.75) is 76.2 Å². The monoisotopic (exact) mass is 727 g/mol. The maximum Gasteiger partial charge on any atom is 0.335 e. The van der Waals surface area contributed by atoms with Crippen LogP contribution in [0.25, 0.3) is 0 Å². The number of aromatic carboxylic acids is 1. The summed E-state index contributed by atoms with van der Waals surface area (Å²) in [5.41, 5.74) is 4.74. The number of benzene rings is 2. The van der Waals surface area contributed by atoms with Gasteiger partial charge in [-0.3, -0.25) is 14.2 Å². The van der Waals surface area contributed by atoms with Gasteiger partial charge >= 0.3 is 11.8 Å². The molecule has 0 aliphatic carbocycles. The molecule has 11 nitrogen and oxygen atoms in total. The summed E-state index contributed by atoms with van der Waals surface area (Å²) in [6, 6.07) is 13.3. The molecule has 5 rings (SSSR count). The molecule has 0 fully saturated rings. The number of allylic oxidation sites excluding steroid dienone is 6. The first-order chi connectivity index (χ1) is 24.6. The van der Waals surface area contributed by atoms with Gasteiger partial charge < -0.3 is 10.0 Å². The van der Waals surface area contributed by atoms with Crippen molar-refractivity contribution in [3.8, 4) is 0 Å². The van der Waals surface area contributed by atoms with Crippen LogP contribution in [-0.4, -0.2) is 61.4 Å². The molecule has 274 valence electrons. The fraction of sp³-hybridized carbons (Fsp3) is 0.350. The Balaban J connectivity index is 1.51. The molecule has 2 aliphatic rings. The van der Waals surface area contributed by atoms with Crippen molar-refractivity contribution in [3.05, 3.63) is 119 Å². The predicted octanol–water partition coefficient (Wildman–Crippen LogP) is 6.75. The first kappa shape index (κ1) is 38.3. The van der Waals surface area contributed by atoms with Gasteiger partial charge in [0.1, 0.15) is 6.20 Å². The van der Waals surface area contributed by atoms with E-state index >= 15 is 0 Å². The van der Waals surface area contributed by atoms with Crippen molar-refractivity contribution in [3.63, 3.8) is 0 Å². The summed E-state index contributed by atoms with van der Waals surface area (Å²) in [5.74, 6) is -0.430. The number of aryl methyl sites for hydroxylation is 1. The average Bonchev–Trinajstić information content (AvgIpc) is 3.49. The number of aromatic nitrogens is 1. The third-order valence-electron chi connectivity index (χ3n) is 9.86. The molecule has 52 heavy (non-hydrogen) atoms. The van der Waals surface area contributed by atoms with E-state index in [1.54, 1.807) is 43.4 Å². The standard InChI is InChI=1S/C40H46N4O7S/c1-8-21-43-26-29(37(45)42(6)51-7)23-32-36(43)41-34(39(32,3)4)13-11-10-12-14-35-40(5,25-27-15-17-28(18-16-27)38(46)47)31-24-30(52(48,49)50)19-20-33(31)44(35)22-9-2/h10-20,23-24,26H,8-9,21-22,25H2,1-7H3,(H-,46,47,48,49,50)/p+1. The highest BCUT2D eigenvalue weighted by Crippen LogP contribution is 2.50. The molecule has 0 radical (unpaired) electrons. The lowest BCUT2D eigenvalue weighted by atomic mass is 9.76. The summed E-state index contributed by atoms with van der Waals surface area (Å²) in [5, 5.41) is 10.6. The van der Waals surface area contributed by atoms with Crippen LogP contribution in [0.2, 0.25) is 0 Å². The lowest BCUT2D eigenvalue weighted by Crippen LogP contribution is -2.38. The number of hydrogen-bond acceptors (Lipinski definition) is 7. The Kier molecular flexibility index (Phi) is 11.0. The second-order valence-electron chi connectivity index (χ2n) is 13.9. The Morgan fingerprint density at radius 1 is 0.981 bits per heavy atom. The predicted molar refractivity (Wildman–Crippen MR) is 201 cm³/mol. The van der Waals surface area contributed by atoms with Crippen LogP contribution in [0.1, 0.15) is 84.9 Å². The van der Waals surface area contributed by atoms with E-state index in [1.165, 1.54) is 18.2 Å². The van der Waals surface area contributed by atoms with Gasteiger partial charge in [-0.15, -0.1) is 0 Å². The molecule has 1 unspecified atom stereocenters. The lowest BCUT2D eigenvalue weighted by Gasteiger charge is -2.30. The van der Waals surface area contributed by atoms with E-state index in [9.17, 15) is 27.7 Å². The smallest absolute Gasteiger partial charge is 0.335 e. The molecule has 3 heterocycles. The first-order valence-electron chi connectivity index (χ1n) is 17.3. The van der Waals surface area contributed by atoms with E-state index in [4.69, 9.17) is 9.83 Å². The van der Waals surface area contributed by atoms with Crippen LogP contribution in [0.5, 0.6) is 0 Å². The molecule has 3 aromatic rings. The van der Waals surface area contributed by atoms with Crippen molar-refractivity contribution in [2.24, 2.45) is 4.99 Å². The van der Waals surface area contributed by atoms with Gasteiger partial charge in [0.2, 0.25) is 0 Å². The molecule has 1 atom stereocenters. The van der Waals surface area contributed by atoms with Gasteiger partial charge in [0.05, 0.1) is 40.7 Å². The maximum absolute atomic E-state index is 13.0. The molecule has 2 aliphatic heterocycles. The number of hydrogen-bond donors (Lipinski definition) is 2. The highest BCUT2D eigenvalue weighted by molar-refractivity contribution is 7.85. The number of carboxylic acids is 1. The molecule has 0 saturated heterocycles. The lowest BCUT2D eigenvalue weighted by molar-refractivity contribution is -0.684. The highest BCUT2D eigenvalue weighted by atomic mass is 32.2. The maximum atomic E-state index is 13.0. The van der Waals surface area contributed by atoms with E-state index in [1.807, 2.05) is 54.1 Å². The van der Waals surface area contributed by atoms with Gasteiger partial charge in [-0.2, -0.15) is 8.42 Å². The van der Waals surface area contributed by atoms with E-state index in [0.29, 0.717) is 25.1 Å². The van der Waals surface area contributed by atoms with Crippen molar-refractivity contribution in [1.82, 2.24) is 5.06 Å². The number of pyridine rings is 1. The second kappa shape index (κ2) is 15.0. The third kappa shape index (κ3) is 7.37. The summed E-state index contributed by atoms with van der Waals surface area (Å²) < 4.78 is 36.4. The normalized spacial score (nSPS) is 18.7. The first-order valence-corrected chi connectivity index (χ1v) is 18.8. The van der Waals surface area contributed by atoms with Crippen molar-refractivity contribution >= 4 is 39.2 Å². The summed E-state index contributed by atoms with van der Waals surface area (Å²) in [4.78, 5) is 36.7. The van der Waals surface area contributed by atoms with Gasteiger partial charge in [0, 0.05) is 30.4 Å². The number of hydroxylamine groups is 2. The van der Waals surface area contributed by atoms with Gasteiger partial charge in [0.25, 0.3) is 16.0 Å². The highest BCUT2D eigenvalue weighted by Gasteiger charge is 2.45. The molecule has 0 bridgehead atoms. The largest absolute Gasteiger partial charge is 0.478 e. The third-order valence-corrected chi connectivity index (χ3v) is 10.7. The minimum atomic E-state index is -4.45. The minimum absolute atomic E-state index is 0.179. The van der Waals surface area contributed by atoms with Gasteiger partial charge in [0.15, 0.2) is 5.71 Å². The fourth-order valence-corrected chi connectivity index (χ4v) is 7.54. The second-order valence-corrected chi connectivity index (χ2v) is 15.3. The summed E-state index contributed by atoms with van der Waals surface area (Å²) >= 11 is 0. The van der Waals surface area contributed by atoms with E-state index in [-0.39, 0.29) is 16.4 Å². The zero-order valence-electron chi connectivity index (χ0n) is 30.8. The SMILES string of the molecule is CCCN1/C(=C/C=C/C=C/C2=Nc3c(cc(C(=O)N(C)OC)c[n+]3CCC)C2(C)C)C(C)(Cc2ccc(C(=O)O)cc2)c2cc(S(=O)(=O)O)ccc21. The number of carbonyl (C=O) groups is 2. The molecule has 1 aromatic heterocycles. The van der Waals surface area contributed by atoms with Crippen molar-refractivity contribution < 1.29 is 37.1 Å². The topological polar surface area (TPSA) is 141 Å². The zero-order valence-corrected chi connectivity index (χ0v) is 31.6. The number of amides is 1. The molecule has 2 N–H and O–H groups in total. The Bertz CT molecular complexity index is 2120. The van der Waals surface area contributed by atoms with E-state index in [0.717, 1.165) is 52.4 Å². The molecule has 2 aromatic carbocycles. The Morgan fingerprint density at radius 2 is 1.69 bits per heavy atom. The van der Waals surface area contributed by atoms with Crippen molar-refractivity contribution in [1.29, 1.82) is 0 Å². The Morgan fingerprint density at radius 3 is 2.31 bits per heavy atom. The van der Waals surface area contributed by atoms with Gasteiger partial charge in [-0.05, 0) is 105 Å². The number of anilines is 1. The molecular weight excluding hydrogens is 681 g/mol. The van der Waals surface area contributed by atoms with E-state index < -0.39 is 26.9 Å². The minimum Gasteiger partial charge on any atom is -0.478 e. The number of nitrogens with zero attached hydrogens (tertiary/aromatic N) is 4. The molecule has 0 saturated carbocycles. The number of aliphatic imine (C=N–C) groups is 1. The number of fused-ring (bicyclic) bond motifs is 2. The average molecular weight is 728 g/mol. The fourth-order valence-electron chi connectivity index (χ4n) is 7.03. The van der Waals surface area contributed by atoms with Crippen LogP contribution in [0, 0.1) is 0 Å².